The van der Waals surface area contributed by atoms with E-state index < -0.39 is 0 Å². The zero-order valence-corrected chi connectivity index (χ0v) is 14.7. The van der Waals surface area contributed by atoms with Gasteiger partial charge in [-0.15, -0.1) is 0 Å². The van der Waals surface area contributed by atoms with Crippen molar-refractivity contribution in [3.8, 4) is 0 Å². The first kappa shape index (κ1) is 17.7. The van der Waals surface area contributed by atoms with Crippen LogP contribution in [0.15, 0.2) is 12.2 Å². The molecule has 1 fully saturated rings. The fourth-order valence-corrected chi connectivity index (χ4v) is 1.90. The highest BCUT2D eigenvalue weighted by molar-refractivity contribution is 5.05. The monoisotopic (exact) mass is 282 g/mol. The SMILES string of the molecule is CCC(C)(C)C(C)(C)/C=C/C(C)C(C)(C)OCC1CO1. The smallest absolute Gasteiger partial charge is 0.104 e. The lowest BCUT2D eigenvalue weighted by molar-refractivity contribution is -0.0485. The summed E-state index contributed by atoms with van der Waals surface area (Å²) in [6.45, 7) is 19.7. The number of ether oxygens (including phenoxy) is 2. The summed E-state index contributed by atoms with van der Waals surface area (Å²) in [6, 6.07) is 0. The Bertz CT molecular complexity index is 335. The molecule has 2 unspecified atom stereocenters. The standard InChI is InChI=1S/C18H34O2/c1-9-16(3,4)17(5,6)11-10-14(2)18(7,8)20-13-15-12-19-15/h10-11,14-15H,9,12-13H2,1-8H3/b11-10+. The zero-order valence-electron chi connectivity index (χ0n) is 14.7. The molecule has 118 valence electrons. The van der Waals surface area contributed by atoms with Crippen LogP contribution in [0.25, 0.3) is 0 Å². The van der Waals surface area contributed by atoms with Crippen LogP contribution >= 0.6 is 0 Å². The number of hydrogen-bond acceptors (Lipinski definition) is 2. The third-order valence-electron chi connectivity index (χ3n) is 5.57. The van der Waals surface area contributed by atoms with Crippen LogP contribution in [0.2, 0.25) is 0 Å². The van der Waals surface area contributed by atoms with Gasteiger partial charge in [0, 0.05) is 5.92 Å². The van der Waals surface area contributed by atoms with E-state index in [0.717, 1.165) is 13.2 Å². The summed E-state index contributed by atoms with van der Waals surface area (Å²) in [5.74, 6) is 0.383. The van der Waals surface area contributed by atoms with E-state index >= 15 is 0 Å². The highest BCUT2D eigenvalue weighted by atomic mass is 16.6. The normalized spacial score (nSPS) is 22.3. The van der Waals surface area contributed by atoms with Gasteiger partial charge in [0.05, 0.1) is 18.8 Å². The average molecular weight is 282 g/mol. The van der Waals surface area contributed by atoms with Crippen LogP contribution in [0.5, 0.6) is 0 Å². The maximum absolute atomic E-state index is 6.02. The van der Waals surface area contributed by atoms with Crippen LogP contribution in [0.4, 0.5) is 0 Å². The Morgan fingerprint density at radius 3 is 2.20 bits per heavy atom. The van der Waals surface area contributed by atoms with Gasteiger partial charge in [0.1, 0.15) is 6.10 Å². The molecule has 1 saturated heterocycles. The second kappa shape index (κ2) is 6.19. The van der Waals surface area contributed by atoms with Crippen molar-refractivity contribution in [2.24, 2.45) is 16.7 Å². The second-order valence-corrected chi connectivity index (χ2v) is 7.98. The van der Waals surface area contributed by atoms with Gasteiger partial charge < -0.3 is 9.47 Å². The number of hydrogen-bond donors (Lipinski definition) is 0. The van der Waals surface area contributed by atoms with Crippen molar-refractivity contribution in [2.75, 3.05) is 13.2 Å². The van der Waals surface area contributed by atoms with E-state index in [9.17, 15) is 0 Å². The Kier molecular flexibility index (Phi) is 5.48. The molecular formula is C18H34O2. The molecule has 1 rings (SSSR count). The second-order valence-electron chi connectivity index (χ2n) is 7.98. The highest BCUT2D eigenvalue weighted by Gasteiger charge is 2.34. The van der Waals surface area contributed by atoms with Crippen LogP contribution in [0, 0.1) is 16.7 Å². The Hall–Kier alpha value is -0.340. The van der Waals surface area contributed by atoms with Gasteiger partial charge >= 0.3 is 0 Å². The van der Waals surface area contributed by atoms with Crippen LogP contribution in [-0.2, 0) is 9.47 Å². The predicted octanol–water partition coefficient (Wildman–Crippen LogP) is 4.84. The molecule has 0 radical (unpaired) electrons. The van der Waals surface area contributed by atoms with Gasteiger partial charge in [-0.05, 0) is 24.7 Å². The molecule has 0 aromatic heterocycles. The Morgan fingerprint density at radius 1 is 1.20 bits per heavy atom. The number of allylic oxidation sites excluding steroid dienone is 1. The third kappa shape index (κ3) is 4.60. The summed E-state index contributed by atoms with van der Waals surface area (Å²) in [5.41, 5.74) is 0.344. The van der Waals surface area contributed by atoms with E-state index in [1.807, 2.05) is 0 Å². The lowest BCUT2D eigenvalue weighted by atomic mass is 9.66. The summed E-state index contributed by atoms with van der Waals surface area (Å²) >= 11 is 0. The molecule has 0 saturated carbocycles. The molecule has 2 atom stereocenters. The molecule has 20 heavy (non-hydrogen) atoms. The maximum Gasteiger partial charge on any atom is 0.104 e. The molecule has 0 aromatic rings. The van der Waals surface area contributed by atoms with E-state index in [0.29, 0.717) is 17.4 Å². The third-order valence-corrected chi connectivity index (χ3v) is 5.57. The molecule has 0 spiro atoms. The minimum Gasteiger partial charge on any atom is -0.372 e. The van der Waals surface area contributed by atoms with E-state index in [1.54, 1.807) is 0 Å². The topological polar surface area (TPSA) is 21.8 Å². The van der Waals surface area contributed by atoms with Gasteiger partial charge in [-0.2, -0.15) is 0 Å². The van der Waals surface area contributed by atoms with Crippen LogP contribution < -0.4 is 0 Å². The fraction of sp³-hybridized carbons (Fsp3) is 0.889. The molecule has 2 heteroatoms. The first-order chi connectivity index (χ1) is 9.02. The van der Waals surface area contributed by atoms with Gasteiger partial charge in [-0.25, -0.2) is 0 Å². The Morgan fingerprint density at radius 2 is 1.75 bits per heavy atom. The van der Waals surface area contributed by atoms with Crippen molar-refractivity contribution >= 4 is 0 Å². The van der Waals surface area contributed by atoms with Gasteiger partial charge in [0.15, 0.2) is 0 Å². The van der Waals surface area contributed by atoms with E-state index in [2.05, 4.69) is 67.5 Å². The van der Waals surface area contributed by atoms with Gasteiger partial charge in [-0.1, -0.05) is 60.1 Å². The molecule has 0 aliphatic carbocycles. The number of rotatable bonds is 8. The zero-order chi connectivity index (χ0) is 15.6. The molecule has 0 bridgehead atoms. The molecule has 0 aromatic carbocycles. The Balaban J connectivity index is 2.62. The average Bonchev–Trinajstić information content (AvgIpc) is 3.17. The Labute approximate surface area is 125 Å². The van der Waals surface area contributed by atoms with Crippen molar-refractivity contribution in [3.05, 3.63) is 12.2 Å². The molecule has 1 aliphatic rings. The summed E-state index contributed by atoms with van der Waals surface area (Å²) < 4.78 is 11.2. The van der Waals surface area contributed by atoms with Crippen molar-refractivity contribution in [1.82, 2.24) is 0 Å². The molecule has 2 nitrogen and oxygen atoms in total. The van der Waals surface area contributed by atoms with Crippen LogP contribution in [0.3, 0.4) is 0 Å². The maximum atomic E-state index is 6.02. The van der Waals surface area contributed by atoms with Crippen LogP contribution in [-0.4, -0.2) is 24.9 Å². The summed E-state index contributed by atoms with van der Waals surface area (Å²) in [6.07, 6.45) is 6.21. The fourth-order valence-electron chi connectivity index (χ4n) is 1.90. The largest absolute Gasteiger partial charge is 0.372 e. The number of epoxide rings is 1. The summed E-state index contributed by atoms with van der Waals surface area (Å²) in [4.78, 5) is 0. The quantitative estimate of drug-likeness (QED) is 0.469. The lowest BCUT2D eigenvalue weighted by Gasteiger charge is -2.40. The van der Waals surface area contributed by atoms with Crippen molar-refractivity contribution in [3.63, 3.8) is 0 Å². The molecule has 1 heterocycles. The van der Waals surface area contributed by atoms with E-state index in [4.69, 9.17) is 9.47 Å². The molecule has 0 amide bonds. The van der Waals surface area contributed by atoms with Gasteiger partial charge in [0.25, 0.3) is 0 Å². The van der Waals surface area contributed by atoms with Crippen LogP contribution in [0.1, 0.15) is 61.8 Å². The van der Waals surface area contributed by atoms with Gasteiger partial charge in [-0.3, -0.25) is 0 Å². The van der Waals surface area contributed by atoms with Crippen molar-refractivity contribution in [2.45, 2.75) is 73.5 Å². The minimum atomic E-state index is -0.144. The highest BCUT2D eigenvalue weighted by Crippen LogP contribution is 2.42. The summed E-state index contributed by atoms with van der Waals surface area (Å²) in [5, 5.41) is 0. The first-order valence-corrected chi connectivity index (χ1v) is 7.97. The molecule has 1 aliphatic heterocycles. The predicted molar refractivity (Wildman–Crippen MR) is 85.9 cm³/mol. The lowest BCUT2D eigenvalue weighted by Crippen LogP contribution is -2.34. The molecule has 0 N–H and O–H groups in total. The molecular weight excluding hydrogens is 248 g/mol. The van der Waals surface area contributed by atoms with Gasteiger partial charge in [0.2, 0.25) is 0 Å². The summed E-state index contributed by atoms with van der Waals surface area (Å²) in [7, 11) is 0. The van der Waals surface area contributed by atoms with E-state index in [-0.39, 0.29) is 11.0 Å². The minimum absolute atomic E-state index is 0.144. The van der Waals surface area contributed by atoms with Crippen molar-refractivity contribution in [1.29, 1.82) is 0 Å². The van der Waals surface area contributed by atoms with Crippen molar-refractivity contribution < 1.29 is 9.47 Å². The first-order valence-electron chi connectivity index (χ1n) is 7.97. The van der Waals surface area contributed by atoms with E-state index in [1.165, 1.54) is 6.42 Å².